The lowest BCUT2D eigenvalue weighted by molar-refractivity contribution is -0.143. The number of methoxy groups -OCH3 is 1. The van der Waals surface area contributed by atoms with E-state index in [9.17, 15) is 4.79 Å². The number of thioether (sulfide) groups is 1. The Morgan fingerprint density at radius 3 is 2.59 bits per heavy atom. The van der Waals surface area contributed by atoms with Crippen molar-refractivity contribution in [1.29, 1.82) is 0 Å². The highest BCUT2D eigenvalue weighted by molar-refractivity contribution is 8.01. The summed E-state index contributed by atoms with van der Waals surface area (Å²) in [5.74, 6) is -0.194. The molecule has 1 N–H and O–H groups in total. The molecular weight excluding hydrogens is 234 g/mol. The Labute approximate surface area is 106 Å². The molecule has 1 aliphatic rings. The molecule has 1 aromatic rings. The summed E-state index contributed by atoms with van der Waals surface area (Å²) < 4.78 is 4.68. The van der Waals surface area contributed by atoms with Crippen molar-refractivity contribution in [3.63, 3.8) is 0 Å². The van der Waals surface area contributed by atoms with Crippen LogP contribution < -0.4 is 5.32 Å². The first-order chi connectivity index (χ1) is 8.04. The summed E-state index contributed by atoms with van der Waals surface area (Å²) in [4.78, 5) is 11.7. The zero-order valence-corrected chi connectivity index (χ0v) is 11.1. The van der Waals surface area contributed by atoms with Gasteiger partial charge in [0, 0.05) is 4.75 Å². The third kappa shape index (κ3) is 2.48. The van der Waals surface area contributed by atoms with E-state index in [-0.39, 0.29) is 22.1 Å². The van der Waals surface area contributed by atoms with E-state index in [0.717, 1.165) is 0 Å². The quantitative estimate of drug-likeness (QED) is 0.819. The molecule has 1 aromatic carbocycles. The van der Waals surface area contributed by atoms with E-state index in [1.54, 1.807) is 11.8 Å². The Balaban J connectivity index is 2.19. The van der Waals surface area contributed by atoms with Gasteiger partial charge < -0.3 is 4.74 Å². The summed E-state index contributed by atoms with van der Waals surface area (Å²) >= 11 is 1.76. The molecule has 4 heteroatoms. The van der Waals surface area contributed by atoms with Crippen LogP contribution in [-0.4, -0.2) is 23.9 Å². The van der Waals surface area contributed by atoms with Crippen molar-refractivity contribution in [3.05, 3.63) is 35.9 Å². The molecule has 1 aliphatic heterocycles. The van der Waals surface area contributed by atoms with Crippen molar-refractivity contribution in [2.45, 2.75) is 30.0 Å². The minimum absolute atomic E-state index is 0.148. The van der Waals surface area contributed by atoms with Crippen molar-refractivity contribution < 1.29 is 9.53 Å². The van der Waals surface area contributed by atoms with Crippen LogP contribution in [0.1, 0.15) is 24.8 Å². The second-order valence-electron chi connectivity index (χ2n) is 4.63. The van der Waals surface area contributed by atoms with E-state index in [1.807, 2.05) is 18.2 Å². The van der Waals surface area contributed by atoms with Crippen LogP contribution in [-0.2, 0) is 9.53 Å². The summed E-state index contributed by atoms with van der Waals surface area (Å²) in [7, 11) is 1.43. The maximum atomic E-state index is 11.7. The van der Waals surface area contributed by atoms with Gasteiger partial charge >= 0.3 is 5.97 Å². The van der Waals surface area contributed by atoms with Crippen LogP contribution in [0.25, 0.3) is 0 Å². The molecule has 0 spiro atoms. The van der Waals surface area contributed by atoms with Crippen LogP contribution in [0.4, 0.5) is 0 Å². The topological polar surface area (TPSA) is 38.3 Å². The molecule has 0 amide bonds. The highest BCUT2D eigenvalue weighted by Gasteiger charge is 2.45. The minimum atomic E-state index is -0.261. The van der Waals surface area contributed by atoms with Gasteiger partial charge in [-0.15, -0.1) is 11.8 Å². The number of ether oxygens (including phenoxy) is 1. The number of carbonyl (C=O) groups excluding carboxylic acids is 1. The van der Waals surface area contributed by atoms with E-state index in [0.29, 0.717) is 0 Å². The maximum absolute atomic E-state index is 11.7. The summed E-state index contributed by atoms with van der Waals surface area (Å²) in [6.45, 7) is 4.13. The fourth-order valence-electron chi connectivity index (χ4n) is 2.02. The predicted molar refractivity (Wildman–Crippen MR) is 69.8 cm³/mol. The second-order valence-corrected chi connectivity index (χ2v) is 6.39. The Kier molecular flexibility index (Phi) is 3.45. The van der Waals surface area contributed by atoms with Gasteiger partial charge in [-0.05, 0) is 19.4 Å². The lowest BCUT2D eigenvalue weighted by atomic mass is 10.0. The molecule has 1 unspecified atom stereocenters. The predicted octanol–water partition coefficient (Wildman–Crippen LogP) is 2.34. The third-order valence-corrected chi connectivity index (χ3v) is 4.46. The molecule has 92 valence electrons. The monoisotopic (exact) mass is 251 g/mol. The van der Waals surface area contributed by atoms with Crippen LogP contribution >= 0.6 is 11.8 Å². The number of esters is 1. The summed E-state index contributed by atoms with van der Waals surface area (Å²) in [5, 5.41) is 3.49. The van der Waals surface area contributed by atoms with Gasteiger partial charge in [-0.1, -0.05) is 30.3 Å². The minimum Gasteiger partial charge on any atom is -0.468 e. The average molecular weight is 251 g/mol. The molecule has 0 saturated carbocycles. The Bertz CT molecular complexity index is 405. The van der Waals surface area contributed by atoms with Crippen molar-refractivity contribution >= 4 is 17.7 Å². The number of nitrogens with one attached hydrogen (secondary N) is 1. The highest BCUT2D eigenvalue weighted by atomic mass is 32.2. The molecule has 2 atom stereocenters. The molecule has 0 radical (unpaired) electrons. The molecule has 2 rings (SSSR count). The first-order valence-electron chi connectivity index (χ1n) is 5.61. The number of carbonyl (C=O) groups is 1. The number of hydrogen-bond acceptors (Lipinski definition) is 4. The van der Waals surface area contributed by atoms with Gasteiger partial charge in [-0.25, -0.2) is 0 Å². The molecule has 17 heavy (non-hydrogen) atoms. The first-order valence-corrected chi connectivity index (χ1v) is 6.49. The molecule has 3 nitrogen and oxygen atoms in total. The summed E-state index contributed by atoms with van der Waals surface area (Å²) in [5.41, 5.74) is 1.19. The van der Waals surface area contributed by atoms with Gasteiger partial charge in [0.2, 0.25) is 0 Å². The molecule has 1 saturated heterocycles. The lowest BCUT2D eigenvalue weighted by Gasteiger charge is -2.22. The van der Waals surface area contributed by atoms with Gasteiger partial charge in [0.25, 0.3) is 0 Å². The molecular formula is C13H17NO2S. The summed E-state index contributed by atoms with van der Waals surface area (Å²) in [6, 6.07) is 9.89. The second kappa shape index (κ2) is 4.70. The van der Waals surface area contributed by atoms with Crippen molar-refractivity contribution in [1.82, 2.24) is 5.32 Å². The van der Waals surface area contributed by atoms with Crippen LogP contribution in [0.2, 0.25) is 0 Å². The maximum Gasteiger partial charge on any atom is 0.324 e. The number of hydrogen-bond donors (Lipinski definition) is 1. The molecule has 0 bridgehead atoms. The van der Waals surface area contributed by atoms with E-state index in [4.69, 9.17) is 4.74 Å². The van der Waals surface area contributed by atoms with Crippen molar-refractivity contribution in [2.75, 3.05) is 7.11 Å². The zero-order valence-electron chi connectivity index (χ0n) is 10.3. The molecule has 0 aromatic heterocycles. The van der Waals surface area contributed by atoms with Crippen LogP contribution in [0.15, 0.2) is 30.3 Å². The fourth-order valence-corrected chi connectivity index (χ4v) is 3.42. The van der Waals surface area contributed by atoms with Crippen LogP contribution in [0.3, 0.4) is 0 Å². The Hall–Kier alpha value is -1.00. The molecule has 0 aliphatic carbocycles. The van der Waals surface area contributed by atoms with E-state index in [1.165, 1.54) is 12.7 Å². The number of benzene rings is 1. The number of rotatable bonds is 2. The van der Waals surface area contributed by atoms with Gasteiger partial charge in [-0.2, -0.15) is 0 Å². The van der Waals surface area contributed by atoms with Gasteiger partial charge in [0.15, 0.2) is 0 Å². The van der Waals surface area contributed by atoms with Gasteiger partial charge in [0.1, 0.15) is 6.04 Å². The smallest absolute Gasteiger partial charge is 0.324 e. The van der Waals surface area contributed by atoms with Crippen LogP contribution in [0.5, 0.6) is 0 Å². The van der Waals surface area contributed by atoms with Crippen LogP contribution in [0, 0.1) is 0 Å². The van der Waals surface area contributed by atoms with Gasteiger partial charge in [-0.3, -0.25) is 10.1 Å². The Morgan fingerprint density at radius 1 is 1.35 bits per heavy atom. The Morgan fingerprint density at radius 2 is 2.00 bits per heavy atom. The summed E-state index contributed by atoms with van der Waals surface area (Å²) in [6.07, 6.45) is 0. The van der Waals surface area contributed by atoms with Gasteiger partial charge in [0.05, 0.1) is 12.5 Å². The zero-order chi connectivity index (χ0) is 12.5. The standard InChI is InChI=1S/C13H17NO2S/c1-13(2)10(12(15)16-3)14-11(17-13)9-7-5-4-6-8-9/h4-8,10-11,14H,1-3H3/t10-,11?/m0/s1. The average Bonchev–Trinajstić information content (AvgIpc) is 2.65. The third-order valence-electron chi connectivity index (χ3n) is 2.97. The SMILES string of the molecule is COC(=O)[C@@H]1NC(c2ccccc2)SC1(C)C. The van der Waals surface area contributed by atoms with E-state index < -0.39 is 0 Å². The largest absolute Gasteiger partial charge is 0.468 e. The van der Waals surface area contributed by atoms with Crippen molar-refractivity contribution in [3.8, 4) is 0 Å². The fraction of sp³-hybridized carbons (Fsp3) is 0.462. The first kappa shape index (κ1) is 12.5. The van der Waals surface area contributed by atoms with Crippen molar-refractivity contribution in [2.24, 2.45) is 0 Å². The van der Waals surface area contributed by atoms with E-state index in [2.05, 4.69) is 31.3 Å². The van der Waals surface area contributed by atoms with E-state index >= 15 is 0 Å². The highest BCUT2D eigenvalue weighted by Crippen LogP contribution is 2.45. The molecule has 1 heterocycles. The molecule has 1 fully saturated rings. The lowest BCUT2D eigenvalue weighted by Crippen LogP contribution is -2.44. The normalized spacial score (nSPS) is 26.8.